The third-order valence-corrected chi connectivity index (χ3v) is 20.2. The van der Waals surface area contributed by atoms with Crippen LogP contribution in [0, 0.1) is 0 Å². The number of carbonyl (C=O) groups excluding carboxylic acids is 9. The largest absolute Gasteiger partial charge is 0.493 e. The predicted octanol–water partition coefficient (Wildman–Crippen LogP) is -1.77. The van der Waals surface area contributed by atoms with Gasteiger partial charge in [-0.2, -0.15) is 0 Å². The van der Waals surface area contributed by atoms with Crippen molar-refractivity contribution in [2.45, 2.75) is 144 Å². The average Bonchev–Trinajstić information content (AvgIpc) is 1.62. The molecule has 0 spiro atoms. The van der Waals surface area contributed by atoms with E-state index in [1.54, 1.807) is 0 Å². The van der Waals surface area contributed by atoms with Crippen molar-refractivity contribution >= 4 is 76.9 Å². The van der Waals surface area contributed by atoms with Crippen LogP contribution in [-0.4, -0.2) is 304 Å². The van der Waals surface area contributed by atoms with E-state index < -0.39 is 177 Å². The Kier molecular flexibility index (Phi) is 27.7. The number of aliphatic carboxylic acids is 2. The second kappa shape index (κ2) is 37.5. The number of hydrogen-bond donors (Lipinski definition) is 14. The van der Waals surface area contributed by atoms with Crippen molar-refractivity contribution in [2.75, 3.05) is 90.2 Å². The van der Waals surface area contributed by atoms with Gasteiger partial charge in [0.25, 0.3) is 35.4 Å². The number of hydrogen-bond acceptors (Lipinski definition) is 31. The van der Waals surface area contributed by atoms with Gasteiger partial charge in [0, 0.05) is 70.7 Å². The Hall–Kier alpha value is -11.6. The predicted molar refractivity (Wildman–Crippen MR) is 396 cm³/mol. The summed E-state index contributed by atoms with van der Waals surface area (Å²) in [6.45, 7) is 6.23. The first kappa shape index (κ1) is 86.3. The number of fused-ring (bicyclic) bond motifs is 4. The molecule has 9 amide bonds. The lowest BCUT2D eigenvalue weighted by atomic mass is 9.99. The van der Waals surface area contributed by atoms with Crippen molar-refractivity contribution in [1.82, 2.24) is 30.7 Å². The van der Waals surface area contributed by atoms with Crippen molar-refractivity contribution in [2.24, 2.45) is 5.73 Å². The van der Waals surface area contributed by atoms with Crippen LogP contribution in [0.5, 0.6) is 34.5 Å². The Morgan fingerprint density at radius 1 is 0.521 bits per heavy atom. The summed E-state index contributed by atoms with van der Waals surface area (Å²) < 4.78 is 62.7. The van der Waals surface area contributed by atoms with Gasteiger partial charge in [-0.05, 0) is 86.1 Å². The van der Waals surface area contributed by atoms with Crippen LogP contribution in [0.3, 0.4) is 0 Å². The molecule has 7 heterocycles. The van der Waals surface area contributed by atoms with Crippen LogP contribution in [0.15, 0.2) is 97.1 Å². The third-order valence-electron chi connectivity index (χ3n) is 20.2. The number of nitrogens with two attached hydrogens (primary N) is 1. The monoisotopic (exact) mass is 1640 g/mol. The van der Waals surface area contributed by atoms with E-state index in [1.807, 2.05) is 0 Å². The number of carboxylic acid groups (broad SMARTS) is 2. The molecule has 4 aromatic rings. The van der Waals surface area contributed by atoms with Crippen LogP contribution < -0.4 is 59.9 Å². The van der Waals surface area contributed by atoms with E-state index in [0.29, 0.717) is 35.3 Å². The summed E-state index contributed by atoms with van der Waals surface area (Å²) in [5, 5.41) is 115. The number of aliphatic hydroxyl groups is 8. The number of rotatable bonds is 32. The number of carboxylic acids is 2. The molecule has 4 aromatic carbocycles. The van der Waals surface area contributed by atoms with Crippen molar-refractivity contribution < 1.29 is 156 Å². The molecule has 7 aliphatic heterocycles. The molecule has 0 aromatic heterocycles. The van der Waals surface area contributed by atoms with Crippen molar-refractivity contribution in [1.29, 1.82) is 0 Å². The summed E-state index contributed by atoms with van der Waals surface area (Å²) in [5.41, 5.74) is 6.00. The molecule has 15 atom stereocenters. The van der Waals surface area contributed by atoms with Gasteiger partial charge in [0.1, 0.15) is 67.4 Å². The lowest BCUT2D eigenvalue weighted by molar-refractivity contribution is -0.271. The third kappa shape index (κ3) is 18.6. The van der Waals surface area contributed by atoms with E-state index in [9.17, 15) is 104 Å². The van der Waals surface area contributed by atoms with Gasteiger partial charge >= 0.3 is 24.1 Å². The quantitative estimate of drug-likeness (QED) is 0.0146. The van der Waals surface area contributed by atoms with E-state index in [-0.39, 0.29) is 151 Å². The molecule has 41 nitrogen and oxygen atoms in total. The zero-order chi connectivity index (χ0) is 84.5. The number of benzene rings is 4. The zero-order valence-corrected chi connectivity index (χ0v) is 63.3. The van der Waals surface area contributed by atoms with Crippen LogP contribution in [-0.2, 0) is 60.9 Å². The van der Waals surface area contributed by atoms with Gasteiger partial charge in [0.2, 0.25) is 18.5 Å². The molecular formula is C76H89N9O32. The Balaban J connectivity index is 0.765. The molecule has 4 saturated heterocycles. The number of anilines is 2. The smallest absolute Gasteiger partial charge is 0.416 e. The molecule has 15 N–H and O–H groups in total. The van der Waals surface area contributed by atoms with Crippen LogP contribution in [0.1, 0.15) is 91.1 Å². The van der Waals surface area contributed by atoms with Gasteiger partial charge in [-0.15, -0.1) is 0 Å². The Labute approximate surface area is 665 Å². The number of carbonyl (C=O) groups is 11. The molecule has 3 unspecified atom stereocenters. The van der Waals surface area contributed by atoms with Gasteiger partial charge in [0.05, 0.1) is 79.8 Å². The highest BCUT2D eigenvalue weighted by Crippen LogP contribution is 2.45. The van der Waals surface area contributed by atoms with Crippen molar-refractivity contribution in [3.63, 3.8) is 0 Å². The molecule has 0 radical (unpaired) electrons. The van der Waals surface area contributed by atoms with Crippen molar-refractivity contribution in [3.05, 3.63) is 131 Å². The molecule has 0 bridgehead atoms. The minimum Gasteiger partial charge on any atom is -0.493 e. The number of methoxy groups -OCH3 is 3. The standard InChI is InChI=1S/C76H89N9O32/c1-35-22-45-69(99)84(75(105)112-33-37-10-12-48(114-73-60(92)56(88)58(90)62(116-73)71(101)102)41(24-37)64(94)78-16-9-17-79-66(96)47(30-77)83-54(86)14-15-55(83)87)43-28-52(50(108-4)26-39(43)67(97)81(45)31-35)110-19-7-6-8-20-111-53-29-44-40(27-51(53)109-5)68(98)82-32-36(2)23-46(82)70(100)85(44)76(106)113-34-38-11-13-49(42(25-38)65(95)80-18-21-107-3)115-74-61(93)57(89)59(91)63(117-74)72(103)104/h10-15,24-29,45-47,56-63,69-70,73-74,88-93,99-100H,1-2,6-9,16-23,30-34,77H2,3-5H3,(H,78,94)(H,79,96)(H,80,95)(H,101,102)(H,103,104)/t45-,46-,47?,56-,57-,58-,59-,60+,61+,62-,63-,69?,70?,73+,74+/m0/s1. The lowest BCUT2D eigenvalue weighted by Gasteiger charge is -2.38. The first-order chi connectivity index (χ1) is 55.9. The lowest BCUT2D eigenvalue weighted by Crippen LogP contribution is -2.61. The number of nitrogens with zero attached hydrogens (tertiary/aromatic N) is 5. The number of ether oxygens (including phenoxy) is 11. The molecule has 0 saturated carbocycles. The second-order valence-electron chi connectivity index (χ2n) is 28.0. The Morgan fingerprint density at radius 3 is 1.36 bits per heavy atom. The average molecular weight is 1640 g/mol. The molecule has 4 fully saturated rings. The summed E-state index contributed by atoms with van der Waals surface area (Å²) >= 11 is 0. The normalized spacial score (nSPS) is 24.9. The molecule has 0 aliphatic carbocycles. The Bertz CT molecular complexity index is 4520. The van der Waals surface area contributed by atoms with Crippen molar-refractivity contribution in [3.8, 4) is 34.5 Å². The molecule has 7 aliphatic rings. The summed E-state index contributed by atoms with van der Waals surface area (Å²) in [6.07, 6.45) is -23.0. The highest BCUT2D eigenvalue weighted by atomic mass is 16.7. The number of aliphatic hydroxyl groups excluding tert-OH is 8. The molecule has 11 rings (SSSR count). The van der Waals surface area contributed by atoms with Gasteiger partial charge in [-0.3, -0.25) is 38.5 Å². The van der Waals surface area contributed by atoms with Gasteiger partial charge in [-0.1, -0.05) is 36.4 Å². The van der Waals surface area contributed by atoms with Gasteiger partial charge < -0.3 is 135 Å². The summed E-state index contributed by atoms with van der Waals surface area (Å²) in [7, 11) is 4.04. The highest BCUT2D eigenvalue weighted by molar-refractivity contribution is 6.15. The molecule has 117 heavy (non-hydrogen) atoms. The van der Waals surface area contributed by atoms with E-state index in [1.165, 1.54) is 91.8 Å². The minimum atomic E-state index is -2.10. The minimum absolute atomic E-state index is 0.00398. The van der Waals surface area contributed by atoms with E-state index in [0.717, 1.165) is 22.0 Å². The topological polar surface area (TPSA) is 570 Å². The number of imide groups is 1. The first-order valence-electron chi connectivity index (χ1n) is 36.9. The van der Waals surface area contributed by atoms with Gasteiger partial charge in [0.15, 0.2) is 47.7 Å². The molecule has 630 valence electrons. The molecule has 41 heteroatoms. The fraction of sp³-hybridized carbons (Fsp3) is 0.461. The molecular weight excluding hydrogens is 1550 g/mol. The van der Waals surface area contributed by atoms with E-state index in [2.05, 4.69) is 29.1 Å². The van der Waals surface area contributed by atoms with Crippen LogP contribution in [0.4, 0.5) is 21.0 Å². The Morgan fingerprint density at radius 2 is 0.949 bits per heavy atom. The van der Waals surface area contributed by atoms with Crippen LogP contribution in [0.25, 0.3) is 0 Å². The number of unbranched alkanes of at least 4 members (excludes halogenated alkanes) is 2. The maximum absolute atomic E-state index is 14.7. The highest BCUT2D eigenvalue weighted by Gasteiger charge is 2.52. The maximum atomic E-state index is 14.7. The van der Waals surface area contributed by atoms with E-state index >= 15 is 0 Å². The number of amides is 9. The SMILES string of the molecule is C=C1C[C@H]2C(O)N(C(=O)OCc3ccc(O[C@@H]4O[C@H](C(=O)O)[C@@H](O)[C@H](O)[C@H]4O)c(C(=O)NCCCNC(=O)C(CN)N4C(=O)C=CC4=O)c3)c3cc(OCCCCCOc4cc5c(cc4OC)C(=O)N4CC(=C)C[C@H]4C(O)N5C(=O)OCc4ccc(O[C@@H]5O[C@H](C(=O)O)[C@@H](O)[C@H](O)[C@H]5O)c(C(=O)NCCOC)c4)c(OC)cc3C(=O)N2C1. The maximum Gasteiger partial charge on any atom is 0.416 e. The second-order valence-corrected chi connectivity index (χ2v) is 28.0. The van der Waals surface area contributed by atoms with Gasteiger partial charge in [-0.25, -0.2) is 29.0 Å². The van der Waals surface area contributed by atoms with Crippen LogP contribution in [0.2, 0.25) is 0 Å². The summed E-state index contributed by atoms with van der Waals surface area (Å²) in [4.78, 5) is 152. The van der Waals surface area contributed by atoms with Crippen LogP contribution >= 0.6 is 0 Å². The zero-order valence-electron chi connectivity index (χ0n) is 63.3. The fourth-order valence-corrected chi connectivity index (χ4v) is 14.1. The fourth-order valence-electron chi connectivity index (χ4n) is 14.1. The summed E-state index contributed by atoms with van der Waals surface area (Å²) in [5.74, 6) is -9.01. The van der Waals surface area contributed by atoms with E-state index in [4.69, 9.17) is 57.8 Å². The first-order valence-corrected chi connectivity index (χ1v) is 36.9. The summed E-state index contributed by atoms with van der Waals surface area (Å²) in [6, 6.07) is 9.43. The number of nitrogens with one attached hydrogen (secondary N) is 3.